The summed E-state index contributed by atoms with van der Waals surface area (Å²) in [5.41, 5.74) is 2.20. The largest absolute Gasteiger partial charge is 0.388 e. The number of nitrogens with one attached hydrogen (secondary N) is 2. The molecule has 0 saturated carbocycles. The molecule has 0 aliphatic heterocycles. The fourth-order valence-electron chi connectivity index (χ4n) is 2.10. The fraction of sp³-hybridized carbons (Fsp3) is 0.222. The first-order chi connectivity index (χ1) is 11.2. The van der Waals surface area contributed by atoms with Gasteiger partial charge in [0.25, 0.3) is 0 Å². The molecule has 0 radical (unpaired) electrons. The first kappa shape index (κ1) is 16.5. The number of amides is 1. The van der Waals surface area contributed by atoms with Crippen LogP contribution in [0.15, 0.2) is 54.6 Å². The van der Waals surface area contributed by atoms with Crippen LogP contribution in [0.2, 0.25) is 0 Å². The molecule has 1 atom stereocenters. The van der Waals surface area contributed by atoms with Crippen molar-refractivity contribution >= 4 is 11.6 Å². The number of carbonyl (C=O) groups excluding carboxylic acids is 1. The second kappa shape index (κ2) is 8.57. The Kier molecular flexibility index (Phi) is 6.16. The number of hydrogen-bond donors (Lipinski definition) is 3. The Morgan fingerprint density at radius 3 is 2.48 bits per heavy atom. The van der Waals surface area contributed by atoms with Crippen molar-refractivity contribution in [1.29, 1.82) is 5.26 Å². The summed E-state index contributed by atoms with van der Waals surface area (Å²) in [5, 5.41) is 24.5. The first-order valence-electron chi connectivity index (χ1n) is 7.43. The summed E-state index contributed by atoms with van der Waals surface area (Å²) in [5.74, 6) is -0.144. The van der Waals surface area contributed by atoms with Crippen molar-refractivity contribution < 1.29 is 9.90 Å². The van der Waals surface area contributed by atoms with Crippen molar-refractivity contribution in [2.75, 3.05) is 18.4 Å². The van der Waals surface area contributed by atoms with Gasteiger partial charge in [0.05, 0.1) is 24.3 Å². The molecule has 1 amide bonds. The van der Waals surface area contributed by atoms with Crippen LogP contribution in [0.5, 0.6) is 0 Å². The van der Waals surface area contributed by atoms with E-state index in [0.717, 1.165) is 11.3 Å². The predicted octanol–water partition coefficient (Wildman–Crippen LogP) is 2.21. The number of nitrogens with zero attached hydrogens (tertiary/aromatic N) is 1. The molecule has 5 heteroatoms. The summed E-state index contributed by atoms with van der Waals surface area (Å²) in [7, 11) is 0. The number of hydrogen-bond acceptors (Lipinski definition) is 4. The molecule has 0 aromatic heterocycles. The van der Waals surface area contributed by atoms with E-state index in [0.29, 0.717) is 18.5 Å². The van der Waals surface area contributed by atoms with Gasteiger partial charge in [0, 0.05) is 12.2 Å². The number of nitriles is 1. The molecule has 0 aliphatic rings. The van der Waals surface area contributed by atoms with Crippen LogP contribution in [0.25, 0.3) is 0 Å². The zero-order chi connectivity index (χ0) is 16.5. The van der Waals surface area contributed by atoms with E-state index in [4.69, 9.17) is 5.26 Å². The molecule has 0 aliphatic carbocycles. The highest BCUT2D eigenvalue weighted by molar-refractivity contribution is 5.80. The minimum absolute atomic E-state index is 0.144. The summed E-state index contributed by atoms with van der Waals surface area (Å²) >= 11 is 0. The van der Waals surface area contributed by atoms with E-state index < -0.39 is 6.10 Å². The average Bonchev–Trinajstić information content (AvgIpc) is 2.61. The maximum Gasteiger partial charge on any atom is 0.239 e. The van der Waals surface area contributed by atoms with Gasteiger partial charge in [0.2, 0.25) is 5.91 Å². The molecular weight excluding hydrogens is 290 g/mol. The van der Waals surface area contributed by atoms with Gasteiger partial charge >= 0.3 is 0 Å². The minimum Gasteiger partial charge on any atom is -0.388 e. The van der Waals surface area contributed by atoms with Crippen molar-refractivity contribution in [2.45, 2.75) is 12.5 Å². The van der Waals surface area contributed by atoms with E-state index in [-0.39, 0.29) is 12.5 Å². The molecule has 118 valence electrons. The summed E-state index contributed by atoms with van der Waals surface area (Å²) in [4.78, 5) is 11.7. The van der Waals surface area contributed by atoms with Gasteiger partial charge in [-0.25, -0.2) is 0 Å². The fourth-order valence-corrected chi connectivity index (χ4v) is 2.10. The molecule has 0 fully saturated rings. The second-order valence-corrected chi connectivity index (χ2v) is 5.11. The molecule has 0 spiro atoms. The Bertz CT molecular complexity index is 663. The third-order valence-electron chi connectivity index (χ3n) is 3.39. The normalized spacial score (nSPS) is 11.3. The van der Waals surface area contributed by atoms with Gasteiger partial charge in [-0.15, -0.1) is 0 Å². The van der Waals surface area contributed by atoms with Gasteiger partial charge in [-0.2, -0.15) is 5.26 Å². The SMILES string of the molecule is N#Cc1ccc(NCC(=O)NCCC(O)c2ccccc2)cc1. The van der Waals surface area contributed by atoms with E-state index in [1.807, 2.05) is 36.4 Å². The van der Waals surface area contributed by atoms with Crippen LogP contribution in [-0.4, -0.2) is 24.1 Å². The molecular formula is C18H19N3O2. The highest BCUT2D eigenvalue weighted by atomic mass is 16.3. The maximum atomic E-state index is 11.7. The predicted molar refractivity (Wildman–Crippen MR) is 88.7 cm³/mol. The van der Waals surface area contributed by atoms with Crippen LogP contribution in [0, 0.1) is 11.3 Å². The van der Waals surface area contributed by atoms with E-state index in [9.17, 15) is 9.90 Å². The lowest BCUT2D eigenvalue weighted by Crippen LogP contribution is -2.31. The Morgan fingerprint density at radius 1 is 1.13 bits per heavy atom. The monoisotopic (exact) mass is 309 g/mol. The lowest BCUT2D eigenvalue weighted by Gasteiger charge is -2.12. The molecule has 3 N–H and O–H groups in total. The first-order valence-corrected chi connectivity index (χ1v) is 7.43. The molecule has 2 rings (SSSR count). The molecule has 5 nitrogen and oxygen atoms in total. The van der Waals surface area contributed by atoms with Gasteiger partial charge in [-0.1, -0.05) is 30.3 Å². The zero-order valence-electron chi connectivity index (χ0n) is 12.7. The number of rotatable bonds is 7. The Balaban J connectivity index is 1.68. The van der Waals surface area contributed by atoms with Crippen LogP contribution >= 0.6 is 0 Å². The molecule has 2 aromatic rings. The van der Waals surface area contributed by atoms with Crippen molar-refractivity contribution in [1.82, 2.24) is 5.32 Å². The third-order valence-corrected chi connectivity index (χ3v) is 3.39. The summed E-state index contributed by atoms with van der Waals surface area (Å²) in [6.45, 7) is 0.553. The van der Waals surface area contributed by atoms with Crippen LogP contribution in [0.4, 0.5) is 5.69 Å². The molecule has 0 saturated heterocycles. The number of carbonyl (C=O) groups is 1. The van der Waals surface area contributed by atoms with Crippen LogP contribution in [-0.2, 0) is 4.79 Å². The summed E-state index contributed by atoms with van der Waals surface area (Å²) < 4.78 is 0. The maximum absolute atomic E-state index is 11.7. The number of aliphatic hydroxyl groups is 1. The lowest BCUT2D eigenvalue weighted by molar-refractivity contribution is -0.119. The second-order valence-electron chi connectivity index (χ2n) is 5.11. The van der Waals surface area contributed by atoms with Gasteiger partial charge in [-0.05, 0) is 36.2 Å². The Labute approximate surface area is 135 Å². The third kappa shape index (κ3) is 5.46. The topological polar surface area (TPSA) is 85.2 Å². The van der Waals surface area contributed by atoms with Crippen molar-refractivity contribution in [3.63, 3.8) is 0 Å². The number of benzene rings is 2. The molecule has 1 unspecified atom stereocenters. The Morgan fingerprint density at radius 2 is 1.83 bits per heavy atom. The summed E-state index contributed by atoms with van der Waals surface area (Å²) in [6, 6.07) is 18.3. The average molecular weight is 309 g/mol. The summed E-state index contributed by atoms with van der Waals surface area (Å²) in [6.07, 6.45) is -0.116. The van der Waals surface area contributed by atoms with E-state index in [2.05, 4.69) is 10.6 Å². The van der Waals surface area contributed by atoms with Gasteiger partial charge < -0.3 is 15.7 Å². The van der Waals surface area contributed by atoms with E-state index in [1.54, 1.807) is 24.3 Å². The van der Waals surface area contributed by atoms with Gasteiger partial charge in [-0.3, -0.25) is 4.79 Å². The van der Waals surface area contributed by atoms with Crippen LogP contribution in [0.1, 0.15) is 23.7 Å². The lowest BCUT2D eigenvalue weighted by atomic mass is 10.1. The standard InChI is InChI=1S/C18H19N3O2/c19-12-14-6-8-16(9-7-14)21-13-18(23)20-11-10-17(22)15-4-2-1-3-5-15/h1-9,17,21-22H,10-11,13H2,(H,20,23). The smallest absolute Gasteiger partial charge is 0.239 e. The highest BCUT2D eigenvalue weighted by Gasteiger charge is 2.07. The van der Waals surface area contributed by atoms with Gasteiger partial charge in [0.15, 0.2) is 0 Å². The van der Waals surface area contributed by atoms with Crippen molar-refractivity contribution in [2.24, 2.45) is 0 Å². The molecule has 23 heavy (non-hydrogen) atoms. The molecule has 0 bridgehead atoms. The van der Waals surface area contributed by atoms with E-state index in [1.165, 1.54) is 0 Å². The molecule has 0 heterocycles. The number of anilines is 1. The quantitative estimate of drug-likeness (QED) is 0.732. The van der Waals surface area contributed by atoms with Crippen molar-refractivity contribution in [3.05, 3.63) is 65.7 Å². The Hall–Kier alpha value is -2.84. The highest BCUT2D eigenvalue weighted by Crippen LogP contribution is 2.14. The number of aliphatic hydroxyl groups excluding tert-OH is 1. The van der Waals surface area contributed by atoms with Crippen molar-refractivity contribution in [3.8, 4) is 6.07 Å². The molecule has 2 aromatic carbocycles. The van der Waals surface area contributed by atoms with Gasteiger partial charge in [0.1, 0.15) is 0 Å². The van der Waals surface area contributed by atoms with Crippen LogP contribution < -0.4 is 10.6 Å². The zero-order valence-corrected chi connectivity index (χ0v) is 12.7. The van der Waals surface area contributed by atoms with Crippen LogP contribution in [0.3, 0.4) is 0 Å². The van der Waals surface area contributed by atoms with E-state index >= 15 is 0 Å². The minimum atomic E-state index is -0.581.